The summed E-state index contributed by atoms with van der Waals surface area (Å²) in [5, 5.41) is 2.91. The van der Waals surface area contributed by atoms with E-state index in [1.165, 1.54) is 18.2 Å². The number of halogens is 1. The minimum atomic E-state index is -0.504. The minimum Gasteiger partial charge on any atom is -0.341 e. The number of nitrogens with one attached hydrogen (secondary N) is 1. The highest BCUT2D eigenvalue weighted by molar-refractivity contribution is 7.17. The van der Waals surface area contributed by atoms with E-state index in [1.54, 1.807) is 0 Å². The number of thiazole rings is 1. The summed E-state index contributed by atoms with van der Waals surface area (Å²) in [6.45, 7) is 1.38. The number of amides is 2. The number of likely N-dealkylation sites (N-methyl/N-ethyl adjacent to an activating group) is 1. The average Bonchev–Trinajstić information content (AvgIpc) is 3.34. The summed E-state index contributed by atoms with van der Waals surface area (Å²) in [5.74, 6) is -1.54. The van der Waals surface area contributed by atoms with Crippen molar-refractivity contribution in [1.29, 1.82) is 0 Å². The fourth-order valence-corrected chi connectivity index (χ4v) is 4.92. The van der Waals surface area contributed by atoms with Gasteiger partial charge in [-0.15, -0.1) is 0 Å². The van der Waals surface area contributed by atoms with Gasteiger partial charge >= 0.3 is 0 Å². The molecule has 1 saturated heterocycles. The molecule has 2 atom stereocenters. The number of nitrogens with zero attached hydrogens (tertiary/aromatic N) is 3. The summed E-state index contributed by atoms with van der Waals surface area (Å²) in [6, 6.07) is 5.70. The molecule has 0 bridgehead atoms. The lowest BCUT2D eigenvalue weighted by atomic mass is 9.89. The van der Waals surface area contributed by atoms with E-state index in [-0.39, 0.29) is 28.8 Å². The number of rotatable bonds is 4. The molecule has 1 aromatic carbocycles. The van der Waals surface area contributed by atoms with Crippen molar-refractivity contribution in [3.63, 3.8) is 0 Å². The topological polar surface area (TPSA) is 82.6 Å². The first-order valence-corrected chi connectivity index (χ1v) is 10.7. The molecule has 2 aromatic rings. The summed E-state index contributed by atoms with van der Waals surface area (Å²) in [5.41, 5.74) is 0.722. The van der Waals surface area contributed by atoms with Crippen LogP contribution in [-0.4, -0.2) is 65.6 Å². The third-order valence-corrected chi connectivity index (χ3v) is 6.74. The van der Waals surface area contributed by atoms with Crippen LogP contribution in [0.4, 0.5) is 9.52 Å². The van der Waals surface area contributed by atoms with Crippen molar-refractivity contribution in [1.82, 2.24) is 14.8 Å². The number of benzene rings is 1. The second-order valence-electron chi connectivity index (χ2n) is 7.98. The zero-order valence-corrected chi connectivity index (χ0v) is 17.7. The van der Waals surface area contributed by atoms with E-state index >= 15 is 0 Å². The second kappa shape index (κ2) is 8.23. The fourth-order valence-electron chi connectivity index (χ4n) is 3.98. The monoisotopic (exact) mass is 430 g/mol. The van der Waals surface area contributed by atoms with E-state index in [2.05, 4.69) is 15.2 Å². The van der Waals surface area contributed by atoms with Crippen LogP contribution in [0.15, 0.2) is 24.3 Å². The van der Waals surface area contributed by atoms with Crippen molar-refractivity contribution in [2.24, 2.45) is 5.92 Å². The Hall–Kier alpha value is -2.65. The molecule has 1 N–H and O–H groups in total. The number of likely N-dealkylation sites (tertiary alicyclic amines) is 1. The molecule has 30 heavy (non-hydrogen) atoms. The second-order valence-corrected chi connectivity index (χ2v) is 8.98. The molecule has 2 heterocycles. The summed E-state index contributed by atoms with van der Waals surface area (Å²) in [7, 11) is 4.01. The number of aromatic nitrogens is 1. The lowest BCUT2D eigenvalue weighted by Gasteiger charge is -2.26. The van der Waals surface area contributed by atoms with Gasteiger partial charge in [0.1, 0.15) is 5.82 Å². The Bertz CT molecular complexity index is 1010. The van der Waals surface area contributed by atoms with Crippen LogP contribution in [0.3, 0.4) is 0 Å². The van der Waals surface area contributed by atoms with Gasteiger partial charge in [-0.2, -0.15) is 0 Å². The molecule has 2 unspecified atom stereocenters. The molecule has 2 aliphatic rings. The van der Waals surface area contributed by atoms with Crippen LogP contribution >= 0.6 is 11.3 Å². The van der Waals surface area contributed by atoms with Crippen molar-refractivity contribution >= 4 is 34.1 Å². The lowest BCUT2D eigenvalue weighted by Crippen LogP contribution is -2.40. The fraction of sp³-hybridized carbons (Fsp3) is 0.429. The van der Waals surface area contributed by atoms with Gasteiger partial charge in [-0.25, -0.2) is 9.37 Å². The Balaban J connectivity index is 1.45. The van der Waals surface area contributed by atoms with Crippen LogP contribution in [0.1, 0.15) is 38.6 Å². The smallest absolute Gasteiger partial charge is 0.257 e. The lowest BCUT2D eigenvalue weighted by molar-refractivity contribution is -0.134. The molecule has 158 valence electrons. The molecular weight excluding hydrogens is 407 g/mol. The standard InChI is InChI=1S/C21H23FN4O3S/c1-25(2)15-6-7-26(11-15)20(29)13-9-16-18(17(27)10-13)30-21(23-16)24-19(28)12-4-3-5-14(22)8-12/h3-5,8,13,15H,6-7,9-11H2,1-2H3,(H,23,24,28). The summed E-state index contributed by atoms with van der Waals surface area (Å²) in [4.78, 5) is 46.7. The number of hydrogen-bond acceptors (Lipinski definition) is 6. The molecule has 1 aromatic heterocycles. The maximum atomic E-state index is 13.3. The SMILES string of the molecule is CN(C)C1CCN(C(=O)C2CC(=O)c3sc(NC(=O)c4cccc(F)c4)nc3C2)C1. The van der Waals surface area contributed by atoms with E-state index in [9.17, 15) is 18.8 Å². The number of hydrogen-bond donors (Lipinski definition) is 1. The Morgan fingerprint density at radius 2 is 2.10 bits per heavy atom. The minimum absolute atomic E-state index is 0.00306. The highest BCUT2D eigenvalue weighted by Crippen LogP contribution is 2.33. The van der Waals surface area contributed by atoms with Gasteiger partial charge in [-0.1, -0.05) is 17.4 Å². The first-order chi connectivity index (χ1) is 14.3. The van der Waals surface area contributed by atoms with Crippen LogP contribution in [0.5, 0.6) is 0 Å². The highest BCUT2D eigenvalue weighted by Gasteiger charge is 2.37. The molecule has 0 spiro atoms. The zero-order valence-electron chi connectivity index (χ0n) is 16.9. The van der Waals surface area contributed by atoms with Crippen molar-refractivity contribution < 1.29 is 18.8 Å². The molecular formula is C21H23FN4O3S. The molecule has 1 aliphatic heterocycles. The highest BCUT2D eigenvalue weighted by atomic mass is 32.1. The summed E-state index contributed by atoms with van der Waals surface area (Å²) >= 11 is 1.10. The third-order valence-electron chi connectivity index (χ3n) is 5.68. The van der Waals surface area contributed by atoms with Crippen LogP contribution in [0.2, 0.25) is 0 Å². The van der Waals surface area contributed by atoms with E-state index in [4.69, 9.17) is 0 Å². The quantitative estimate of drug-likeness (QED) is 0.806. The maximum absolute atomic E-state index is 13.3. The van der Waals surface area contributed by atoms with E-state index in [1.807, 2.05) is 19.0 Å². The van der Waals surface area contributed by atoms with Crippen molar-refractivity contribution in [2.45, 2.75) is 25.3 Å². The Morgan fingerprint density at radius 3 is 2.80 bits per heavy atom. The molecule has 1 aliphatic carbocycles. The molecule has 7 nitrogen and oxygen atoms in total. The Labute approximate surface area is 177 Å². The first kappa shape index (κ1) is 20.6. The van der Waals surface area contributed by atoms with Crippen molar-refractivity contribution in [3.05, 3.63) is 46.2 Å². The van der Waals surface area contributed by atoms with Gasteiger partial charge in [-0.3, -0.25) is 19.7 Å². The molecule has 0 radical (unpaired) electrons. The van der Waals surface area contributed by atoms with Crippen LogP contribution in [0, 0.1) is 11.7 Å². The molecule has 0 saturated carbocycles. The Kier molecular flexibility index (Phi) is 5.66. The van der Waals surface area contributed by atoms with Gasteiger partial charge < -0.3 is 9.80 Å². The summed E-state index contributed by atoms with van der Waals surface area (Å²) < 4.78 is 13.3. The molecule has 1 fully saturated rings. The van der Waals surface area contributed by atoms with Gasteiger partial charge in [0.2, 0.25) is 5.91 Å². The number of ketones is 1. The number of carbonyl (C=O) groups excluding carboxylic acids is 3. The van der Waals surface area contributed by atoms with Crippen LogP contribution < -0.4 is 5.32 Å². The first-order valence-electron chi connectivity index (χ1n) is 9.87. The van der Waals surface area contributed by atoms with Gasteiger partial charge in [0.05, 0.1) is 16.5 Å². The van der Waals surface area contributed by atoms with E-state index in [0.717, 1.165) is 23.8 Å². The van der Waals surface area contributed by atoms with E-state index in [0.29, 0.717) is 36.1 Å². The van der Waals surface area contributed by atoms with Gasteiger partial charge in [0, 0.05) is 37.5 Å². The van der Waals surface area contributed by atoms with Gasteiger partial charge in [0.25, 0.3) is 5.91 Å². The average molecular weight is 431 g/mol. The normalized spacial score (nSPS) is 21.1. The number of anilines is 1. The van der Waals surface area contributed by atoms with Gasteiger partial charge in [0.15, 0.2) is 10.9 Å². The molecule has 4 rings (SSSR count). The predicted octanol–water partition coefficient (Wildman–Crippen LogP) is 2.44. The van der Waals surface area contributed by atoms with E-state index < -0.39 is 17.6 Å². The molecule has 9 heteroatoms. The number of fused-ring (bicyclic) bond motifs is 1. The number of carbonyl (C=O) groups is 3. The Morgan fingerprint density at radius 1 is 1.30 bits per heavy atom. The predicted molar refractivity (Wildman–Crippen MR) is 111 cm³/mol. The summed E-state index contributed by atoms with van der Waals surface area (Å²) in [6.07, 6.45) is 1.47. The third kappa shape index (κ3) is 4.13. The van der Waals surface area contributed by atoms with Crippen LogP contribution in [-0.2, 0) is 11.2 Å². The van der Waals surface area contributed by atoms with Crippen molar-refractivity contribution in [2.75, 3.05) is 32.5 Å². The van der Waals surface area contributed by atoms with Crippen molar-refractivity contribution in [3.8, 4) is 0 Å². The van der Waals surface area contributed by atoms with Gasteiger partial charge in [-0.05, 0) is 38.7 Å². The zero-order chi connectivity index (χ0) is 21.4. The molecule has 2 amide bonds. The number of Topliss-reactive ketones (excluding diaryl/α,β-unsaturated/α-hetero) is 1. The maximum Gasteiger partial charge on any atom is 0.257 e. The van der Waals surface area contributed by atoms with Crippen LogP contribution in [0.25, 0.3) is 0 Å². The largest absolute Gasteiger partial charge is 0.341 e.